The van der Waals surface area contributed by atoms with Crippen molar-refractivity contribution in [2.45, 2.75) is 19.4 Å². The Morgan fingerprint density at radius 3 is 3.00 bits per heavy atom. The Bertz CT molecular complexity index is 860. The minimum Gasteiger partial charge on any atom is -0.366 e. The maximum Gasteiger partial charge on any atom is 0.250 e. The molecule has 0 spiro atoms. The molecule has 118 valence electrons. The second-order valence-corrected chi connectivity index (χ2v) is 6.93. The molecule has 0 radical (unpaired) electrons. The average Bonchev–Trinajstić information content (AvgIpc) is 3.27. The molecule has 0 atom stereocenters. The molecule has 0 aromatic carbocycles. The third-order valence-corrected chi connectivity index (χ3v) is 5.30. The Morgan fingerprint density at radius 2 is 2.22 bits per heavy atom. The standard InChI is InChI=1S/C17H18N4OS/c18-16(22)15-13-3-4-19-17(13)20-8-14(15)11-7-12(23-10-11)9-21-5-1-2-6-21/h3-4,7-8,10H,1-2,5-6,9H2,(H2,18,22)(H,19,20). The Kier molecular flexibility index (Phi) is 3.63. The fourth-order valence-electron chi connectivity index (χ4n) is 3.26. The lowest BCUT2D eigenvalue weighted by molar-refractivity contribution is 0.100. The monoisotopic (exact) mass is 326 g/mol. The molecule has 4 rings (SSSR count). The van der Waals surface area contributed by atoms with Gasteiger partial charge in [0.2, 0.25) is 5.91 Å². The lowest BCUT2D eigenvalue weighted by Crippen LogP contribution is -2.17. The van der Waals surface area contributed by atoms with Crippen molar-refractivity contribution >= 4 is 28.3 Å². The number of primary amides is 1. The van der Waals surface area contributed by atoms with E-state index in [4.69, 9.17) is 5.73 Å². The minimum atomic E-state index is -0.417. The average molecular weight is 326 g/mol. The Hall–Kier alpha value is -2.18. The van der Waals surface area contributed by atoms with Crippen molar-refractivity contribution in [1.29, 1.82) is 0 Å². The molecular weight excluding hydrogens is 308 g/mol. The van der Waals surface area contributed by atoms with Crippen molar-refractivity contribution < 1.29 is 4.79 Å². The first-order valence-electron chi connectivity index (χ1n) is 7.78. The number of thiophene rings is 1. The number of aromatic nitrogens is 2. The van der Waals surface area contributed by atoms with E-state index >= 15 is 0 Å². The van der Waals surface area contributed by atoms with E-state index in [1.54, 1.807) is 23.7 Å². The normalized spacial score (nSPS) is 15.5. The topological polar surface area (TPSA) is 75.0 Å². The molecule has 0 aliphatic carbocycles. The molecule has 1 aliphatic rings. The number of pyridine rings is 1. The molecule has 1 fully saturated rings. The van der Waals surface area contributed by atoms with Gasteiger partial charge in [-0.1, -0.05) is 0 Å². The first kappa shape index (κ1) is 14.4. The van der Waals surface area contributed by atoms with Crippen LogP contribution in [0.1, 0.15) is 28.1 Å². The van der Waals surface area contributed by atoms with Crippen LogP contribution in [0.15, 0.2) is 29.9 Å². The van der Waals surface area contributed by atoms with Crippen LogP contribution in [-0.2, 0) is 6.54 Å². The van der Waals surface area contributed by atoms with Gasteiger partial charge in [0.15, 0.2) is 0 Å². The van der Waals surface area contributed by atoms with Crippen LogP contribution in [0, 0.1) is 0 Å². The van der Waals surface area contributed by atoms with E-state index in [-0.39, 0.29) is 0 Å². The molecule has 1 amide bonds. The summed E-state index contributed by atoms with van der Waals surface area (Å²) in [4.78, 5) is 23.2. The highest BCUT2D eigenvalue weighted by Gasteiger charge is 2.18. The number of H-pyrrole nitrogens is 1. The van der Waals surface area contributed by atoms with Crippen molar-refractivity contribution in [3.63, 3.8) is 0 Å². The smallest absolute Gasteiger partial charge is 0.250 e. The molecule has 4 heterocycles. The third kappa shape index (κ3) is 2.64. The first-order chi connectivity index (χ1) is 11.2. The van der Waals surface area contributed by atoms with Crippen molar-refractivity contribution in [3.8, 4) is 11.1 Å². The van der Waals surface area contributed by atoms with Gasteiger partial charge in [0, 0.05) is 34.8 Å². The van der Waals surface area contributed by atoms with Crippen LogP contribution in [0.3, 0.4) is 0 Å². The minimum absolute atomic E-state index is 0.417. The molecular formula is C17H18N4OS. The largest absolute Gasteiger partial charge is 0.366 e. The third-order valence-electron chi connectivity index (χ3n) is 4.38. The highest BCUT2D eigenvalue weighted by molar-refractivity contribution is 7.10. The van der Waals surface area contributed by atoms with E-state index < -0.39 is 5.91 Å². The van der Waals surface area contributed by atoms with Crippen LogP contribution in [-0.4, -0.2) is 33.9 Å². The van der Waals surface area contributed by atoms with Gasteiger partial charge in [-0.05, 0) is 49.0 Å². The van der Waals surface area contributed by atoms with Gasteiger partial charge < -0.3 is 10.7 Å². The number of nitrogens with one attached hydrogen (secondary N) is 1. The SMILES string of the molecule is NC(=O)c1c(-c2csc(CN3CCCC3)c2)cnc2[nH]ccc12. The zero-order chi connectivity index (χ0) is 15.8. The van der Waals surface area contributed by atoms with Crippen LogP contribution in [0.2, 0.25) is 0 Å². The molecule has 3 aromatic rings. The van der Waals surface area contributed by atoms with Crippen LogP contribution in [0.5, 0.6) is 0 Å². The molecule has 1 aliphatic heterocycles. The molecule has 6 heteroatoms. The van der Waals surface area contributed by atoms with Crippen molar-refractivity contribution in [1.82, 2.24) is 14.9 Å². The number of carbonyl (C=O) groups is 1. The number of fused-ring (bicyclic) bond motifs is 1. The lowest BCUT2D eigenvalue weighted by atomic mass is 10.0. The van der Waals surface area contributed by atoms with Crippen LogP contribution in [0.4, 0.5) is 0 Å². The summed E-state index contributed by atoms with van der Waals surface area (Å²) in [6.07, 6.45) is 6.09. The number of nitrogens with zero attached hydrogens (tertiary/aromatic N) is 2. The van der Waals surface area contributed by atoms with Gasteiger partial charge in [-0.2, -0.15) is 0 Å². The summed E-state index contributed by atoms with van der Waals surface area (Å²) >= 11 is 1.73. The molecule has 23 heavy (non-hydrogen) atoms. The maximum absolute atomic E-state index is 12.0. The van der Waals surface area contributed by atoms with Gasteiger partial charge in [-0.3, -0.25) is 9.69 Å². The van der Waals surface area contributed by atoms with Crippen LogP contribution in [0.25, 0.3) is 22.2 Å². The number of amides is 1. The number of likely N-dealkylation sites (tertiary alicyclic amines) is 1. The maximum atomic E-state index is 12.0. The summed E-state index contributed by atoms with van der Waals surface area (Å²) in [6.45, 7) is 3.34. The summed E-state index contributed by atoms with van der Waals surface area (Å²) in [5.74, 6) is -0.417. The second kappa shape index (κ2) is 5.79. The number of rotatable bonds is 4. The highest BCUT2D eigenvalue weighted by atomic mass is 32.1. The molecule has 0 bridgehead atoms. The fraction of sp³-hybridized carbons (Fsp3) is 0.294. The first-order valence-corrected chi connectivity index (χ1v) is 8.66. The van der Waals surface area contributed by atoms with E-state index in [0.717, 1.165) is 23.1 Å². The van der Waals surface area contributed by atoms with Crippen molar-refractivity contribution in [2.75, 3.05) is 13.1 Å². The van der Waals surface area contributed by atoms with E-state index in [0.29, 0.717) is 11.2 Å². The number of nitrogens with two attached hydrogens (primary N) is 1. The molecule has 0 saturated carbocycles. The van der Waals surface area contributed by atoms with Crippen LogP contribution < -0.4 is 5.73 Å². The van der Waals surface area contributed by atoms with Gasteiger partial charge in [0.05, 0.1) is 5.56 Å². The van der Waals surface area contributed by atoms with Crippen molar-refractivity contribution in [2.24, 2.45) is 5.73 Å². The van der Waals surface area contributed by atoms with E-state index in [2.05, 4.69) is 26.3 Å². The predicted molar refractivity (Wildman–Crippen MR) is 92.4 cm³/mol. The lowest BCUT2D eigenvalue weighted by Gasteiger charge is -2.12. The molecule has 5 nitrogen and oxygen atoms in total. The summed E-state index contributed by atoms with van der Waals surface area (Å²) in [6, 6.07) is 4.01. The van der Waals surface area contributed by atoms with E-state index in [1.165, 1.54) is 30.8 Å². The molecule has 0 unspecified atom stereocenters. The fourth-order valence-corrected chi connectivity index (χ4v) is 4.18. The number of hydrogen-bond donors (Lipinski definition) is 2. The Balaban J connectivity index is 1.72. The number of aromatic amines is 1. The molecule has 1 saturated heterocycles. The van der Waals surface area contributed by atoms with Gasteiger partial charge in [0.1, 0.15) is 5.65 Å². The Morgan fingerprint density at radius 1 is 1.39 bits per heavy atom. The number of carbonyl (C=O) groups excluding carboxylic acids is 1. The predicted octanol–water partition coefficient (Wildman–Crippen LogP) is 2.99. The number of hydrogen-bond acceptors (Lipinski definition) is 4. The summed E-state index contributed by atoms with van der Waals surface area (Å²) in [5, 5.41) is 2.87. The van der Waals surface area contributed by atoms with Crippen molar-refractivity contribution in [3.05, 3.63) is 40.3 Å². The van der Waals surface area contributed by atoms with Gasteiger partial charge in [-0.15, -0.1) is 11.3 Å². The quantitative estimate of drug-likeness (QED) is 0.774. The summed E-state index contributed by atoms with van der Waals surface area (Å²) in [5.41, 5.74) is 8.70. The molecule has 3 aromatic heterocycles. The van der Waals surface area contributed by atoms with Gasteiger partial charge in [0.25, 0.3) is 0 Å². The van der Waals surface area contributed by atoms with E-state index in [1.807, 2.05) is 6.07 Å². The zero-order valence-electron chi connectivity index (χ0n) is 12.7. The zero-order valence-corrected chi connectivity index (χ0v) is 13.5. The summed E-state index contributed by atoms with van der Waals surface area (Å²) in [7, 11) is 0. The highest BCUT2D eigenvalue weighted by Crippen LogP contribution is 2.32. The Labute approximate surface area is 138 Å². The van der Waals surface area contributed by atoms with Gasteiger partial charge >= 0.3 is 0 Å². The van der Waals surface area contributed by atoms with Gasteiger partial charge in [-0.25, -0.2) is 4.98 Å². The van der Waals surface area contributed by atoms with E-state index in [9.17, 15) is 4.79 Å². The molecule has 3 N–H and O–H groups in total. The van der Waals surface area contributed by atoms with Crippen LogP contribution >= 0.6 is 11.3 Å². The summed E-state index contributed by atoms with van der Waals surface area (Å²) < 4.78 is 0. The second-order valence-electron chi connectivity index (χ2n) is 5.94.